The Bertz CT molecular complexity index is 507. The molecule has 0 aliphatic heterocycles. The van der Waals surface area contributed by atoms with E-state index >= 15 is 0 Å². The Kier molecular flexibility index (Phi) is 4.81. The first-order valence-electron chi connectivity index (χ1n) is 6.71. The second-order valence-electron chi connectivity index (χ2n) is 6.78. The first kappa shape index (κ1) is 16.5. The molecule has 1 aromatic carbocycles. The van der Waals surface area contributed by atoms with Crippen LogP contribution in [0.25, 0.3) is 6.08 Å². The van der Waals surface area contributed by atoms with Gasteiger partial charge >= 0.3 is 6.16 Å². The normalized spacial score (nSPS) is 11.9. The van der Waals surface area contributed by atoms with Gasteiger partial charge in [0, 0.05) is 0 Å². The molecule has 0 bridgehead atoms. The molecule has 0 aliphatic rings. The minimum absolute atomic E-state index is 0.558. The van der Waals surface area contributed by atoms with Crippen molar-refractivity contribution in [2.45, 2.75) is 46.0 Å². The van der Waals surface area contributed by atoms with Gasteiger partial charge in [-0.3, -0.25) is 0 Å². The first-order valence-corrected chi connectivity index (χ1v) is 10.2. The summed E-state index contributed by atoms with van der Waals surface area (Å²) in [6.45, 7) is 15.8. The van der Waals surface area contributed by atoms with Crippen molar-refractivity contribution >= 4 is 25.5 Å². The van der Waals surface area contributed by atoms with Crippen LogP contribution in [0, 0.1) is 0 Å². The van der Waals surface area contributed by atoms with Crippen LogP contribution in [0.15, 0.2) is 24.8 Å². The van der Waals surface area contributed by atoms with Gasteiger partial charge in [0.1, 0.15) is 11.4 Å². The maximum Gasteiger partial charge on any atom is 0.514 e. The fraction of sp³-hybridized carbons (Fsp3) is 0.438. The Labute approximate surface area is 122 Å². The van der Waals surface area contributed by atoms with Crippen molar-refractivity contribution in [3.05, 3.63) is 30.3 Å². The molecular weight excluding hydrogens is 268 g/mol. The van der Waals surface area contributed by atoms with E-state index in [0.717, 1.165) is 10.8 Å². The van der Waals surface area contributed by atoms with E-state index in [-0.39, 0.29) is 0 Å². The highest BCUT2D eigenvalue weighted by atomic mass is 28.3. The van der Waals surface area contributed by atoms with Crippen LogP contribution >= 0.6 is 0 Å². The zero-order valence-corrected chi connectivity index (χ0v) is 14.2. The van der Waals surface area contributed by atoms with Crippen molar-refractivity contribution in [3.63, 3.8) is 0 Å². The number of hydrogen-bond donors (Lipinski definition) is 0. The minimum atomic E-state index is -1.63. The molecule has 1 aromatic rings. The summed E-state index contributed by atoms with van der Waals surface area (Å²) in [5, 5.41) is 1.08. The zero-order valence-electron chi connectivity index (χ0n) is 13.2. The number of benzene rings is 1. The molecule has 0 spiro atoms. The number of carbonyl (C=O) groups is 1. The third kappa shape index (κ3) is 4.85. The molecule has 0 saturated heterocycles. The van der Waals surface area contributed by atoms with Gasteiger partial charge in [0.2, 0.25) is 0 Å². The van der Waals surface area contributed by atoms with Crippen LogP contribution in [0.1, 0.15) is 26.3 Å². The maximum atomic E-state index is 11.8. The van der Waals surface area contributed by atoms with E-state index in [2.05, 4.69) is 26.2 Å². The SMILES string of the molecule is C=Cc1ccc(OC(=O)OC(C)(C)C)c([Si](C)(C)C)c1. The molecule has 0 atom stereocenters. The summed E-state index contributed by atoms with van der Waals surface area (Å²) in [5.74, 6) is 0.587. The first-order chi connectivity index (χ1) is 9.03. The van der Waals surface area contributed by atoms with Crippen molar-refractivity contribution < 1.29 is 14.3 Å². The third-order valence-corrected chi connectivity index (χ3v) is 4.64. The lowest BCUT2D eigenvalue weighted by Gasteiger charge is -2.23. The number of rotatable bonds is 3. The largest absolute Gasteiger partial charge is 0.514 e. The van der Waals surface area contributed by atoms with Crippen LogP contribution in [-0.4, -0.2) is 19.8 Å². The molecule has 0 radical (unpaired) electrons. The Balaban J connectivity index is 3.06. The lowest BCUT2D eigenvalue weighted by molar-refractivity contribution is 0.0208. The van der Waals surface area contributed by atoms with Crippen LogP contribution in [0.2, 0.25) is 19.6 Å². The predicted octanol–water partition coefficient (Wildman–Crippen LogP) is 4.19. The molecule has 0 fully saturated rings. The molecule has 4 heteroatoms. The molecule has 110 valence electrons. The second-order valence-corrected chi connectivity index (χ2v) is 11.8. The Morgan fingerprint density at radius 3 is 2.30 bits per heavy atom. The van der Waals surface area contributed by atoms with Crippen LogP contribution in [0.4, 0.5) is 4.79 Å². The van der Waals surface area contributed by atoms with Gasteiger partial charge in [-0.1, -0.05) is 44.4 Å². The molecule has 0 unspecified atom stereocenters. The van der Waals surface area contributed by atoms with E-state index in [1.54, 1.807) is 6.08 Å². The van der Waals surface area contributed by atoms with Gasteiger partial charge in [-0.15, -0.1) is 0 Å². The Morgan fingerprint density at radius 2 is 1.85 bits per heavy atom. The summed E-state index contributed by atoms with van der Waals surface area (Å²) in [6, 6.07) is 5.74. The average Bonchev–Trinajstić information content (AvgIpc) is 2.25. The van der Waals surface area contributed by atoms with Crippen LogP contribution in [0.3, 0.4) is 0 Å². The van der Waals surface area contributed by atoms with E-state index in [9.17, 15) is 4.79 Å². The second kappa shape index (κ2) is 5.83. The zero-order chi connectivity index (χ0) is 15.6. The molecule has 0 heterocycles. The number of hydrogen-bond acceptors (Lipinski definition) is 3. The number of ether oxygens (including phenoxy) is 2. The molecule has 0 saturated carbocycles. The molecule has 3 nitrogen and oxygen atoms in total. The fourth-order valence-electron chi connectivity index (χ4n) is 1.71. The summed E-state index contributed by atoms with van der Waals surface area (Å²) in [5.41, 5.74) is 0.469. The van der Waals surface area contributed by atoms with E-state index in [4.69, 9.17) is 9.47 Å². The van der Waals surface area contributed by atoms with Gasteiger partial charge in [0.25, 0.3) is 0 Å². The molecule has 1 rings (SSSR count). The van der Waals surface area contributed by atoms with Crippen LogP contribution < -0.4 is 9.92 Å². The van der Waals surface area contributed by atoms with Crippen molar-refractivity contribution in [2.75, 3.05) is 0 Å². The van der Waals surface area contributed by atoms with Crippen LogP contribution in [-0.2, 0) is 4.74 Å². The van der Waals surface area contributed by atoms with Crippen molar-refractivity contribution in [2.24, 2.45) is 0 Å². The Hall–Kier alpha value is -1.55. The standard InChI is InChI=1S/C16H24O3Si/c1-8-12-9-10-13(14(11-12)20(5,6)7)18-15(17)19-16(2,3)4/h8-11H,1H2,2-7H3. The maximum absolute atomic E-state index is 11.8. The lowest BCUT2D eigenvalue weighted by Crippen LogP contribution is -2.39. The monoisotopic (exact) mass is 292 g/mol. The predicted molar refractivity (Wildman–Crippen MR) is 86.4 cm³/mol. The highest BCUT2D eigenvalue weighted by Gasteiger charge is 2.24. The Morgan fingerprint density at radius 1 is 1.25 bits per heavy atom. The molecule has 0 N–H and O–H groups in total. The average molecular weight is 292 g/mol. The van der Waals surface area contributed by atoms with E-state index in [0.29, 0.717) is 5.75 Å². The number of carbonyl (C=O) groups excluding carboxylic acids is 1. The van der Waals surface area contributed by atoms with Crippen LogP contribution in [0.5, 0.6) is 5.75 Å². The smallest absolute Gasteiger partial charge is 0.428 e. The van der Waals surface area contributed by atoms with Gasteiger partial charge in [-0.25, -0.2) is 4.79 Å². The highest BCUT2D eigenvalue weighted by molar-refractivity contribution is 6.89. The minimum Gasteiger partial charge on any atom is -0.428 e. The summed E-state index contributed by atoms with van der Waals surface area (Å²) < 4.78 is 10.6. The molecule has 0 aromatic heterocycles. The van der Waals surface area contributed by atoms with Gasteiger partial charge in [-0.2, -0.15) is 0 Å². The molecule has 20 heavy (non-hydrogen) atoms. The third-order valence-electron chi connectivity index (χ3n) is 2.63. The van der Waals surface area contributed by atoms with Crippen molar-refractivity contribution in [1.82, 2.24) is 0 Å². The van der Waals surface area contributed by atoms with Crippen molar-refractivity contribution in [3.8, 4) is 5.75 Å². The van der Waals surface area contributed by atoms with Gasteiger partial charge < -0.3 is 9.47 Å². The quantitative estimate of drug-likeness (QED) is 0.476. The van der Waals surface area contributed by atoms with E-state index in [1.807, 2.05) is 39.0 Å². The van der Waals surface area contributed by atoms with Gasteiger partial charge in [0.15, 0.2) is 0 Å². The fourth-order valence-corrected chi connectivity index (χ4v) is 3.18. The summed E-state index contributed by atoms with van der Waals surface area (Å²) in [6.07, 6.45) is 1.13. The molecular formula is C16H24O3Si. The van der Waals surface area contributed by atoms with E-state index in [1.165, 1.54) is 0 Å². The molecule has 0 aliphatic carbocycles. The summed E-state index contributed by atoms with van der Waals surface area (Å²) >= 11 is 0. The van der Waals surface area contributed by atoms with Crippen molar-refractivity contribution in [1.29, 1.82) is 0 Å². The molecule has 0 amide bonds. The van der Waals surface area contributed by atoms with Gasteiger partial charge in [0.05, 0.1) is 8.07 Å². The van der Waals surface area contributed by atoms with Gasteiger partial charge in [-0.05, 0) is 37.6 Å². The topological polar surface area (TPSA) is 35.5 Å². The summed E-state index contributed by atoms with van der Waals surface area (Å²) in [4.78, 5) is 11.8. The highest BCUT2D eigenvalue weighted by Crippen LogP contribution is 2.18. The lowest BCUT2D eigenvalue weighted by atomic mass is 10.2. The summed E-state index contributed by atoms with van der Waals surface area (Å²) in [7, 11) is -1.63. The van der Waals surface area contributed by atoms with E-state index < -0.39 is 19.8 Å².